The van der Waals surface area contributed by atoms with Gasteiger partial charge in [-0.05, 0) is 6.07 Å². The van der Waals surface area contributed by atoms with Crippen LogP contribution in [0.5, 0.6) is 0 Å². The second-order valence-corrected chi connectivity index (χ2v) is 2.87. The Hall–Kier alpha value is -1.55. The standard InChI is InChI=1S/C9H9ClN2O2/c10-3-1-2-6-4-7(9(13)14)5-12-8(6)11/h1-2,4-5H,3H2,(H2,11,12)(H,13,14). The Morgan fingerprint density at radius 3 is 3.00 bits per heavy atom. The Morgan fingerprint density at radius 2 is 2.43 bits per heavy atom. The van der Waals surface area contributed by atoms with E-state index in [9.17, 15) is 4.79 Å². The number of aromatic carboxylic acids is 1. The molecule has 0 bridgehead atoms. The normalized spacial score (nSPS) is 10.6. The average Bonchev–Trinajstić information content (AvgIpc) is 2.16. The molecule has 0 spiro atoms. The molecule has 0 aliphatic carbocycles. The van der Waals surface area contributed by atoms with E-state index >= 15 is 0 Å². The van der Waals surface area contributed by atoms with Crippen LogP contribution in [0.1, 0.15) is 15.9 Å². The van der Waals surface area contributed by atoms with Crippen molar-refractivity contribution in [3.63, 3.8) is 0 Å². The van der Waals surface area contributed by atoms with Gasteiger partial charge in [0.2, 0.25) is 0 Å². The molecule has 1 rings (SSSR count). The fourth-order valence-corrected chi connectivity index (χ4v) is 1.00. The van der Waals surface area contributed by atoms with Crippen molar-refractivity contribution < 1.29 is 9.90 Å². The molecule has 0 atom stereocenters. The summed E-state index contributed by atoms with van der Waals surface area (Å²) < 4.78 is 0. The molecular formula is C9H9ClN2O2. The SMILES string of the molecule is Nc1ncc(C(=O)O)cc1C=CCCl. The summed E-state index contributed by atoms with van der Waals surface area (Å²) in [5.74, 6) is -0.397. The topological polar surface area (TPSA) is 76.2 Å². The van der Waals surface area contributed by atoms with Crippen molar-refractivity contribution >= 4 is 29.5 Å². The predicted octanol–water partition coefficient (Wildman–Crippen LogP) is 1.61. The lowest BCUT2D eigenvalue weighted by atomic mass is 10.2. The van der Waals surface area contributed by atoms with Gasteiger partial charge in [-0.3, -0.25) is 0 Å². The maximum absolute atomic E-state index is 10.6. The Morgan fingerprint density at radius 1 is 1.71 bits per heavy atom. The molecule has 0 aromatic carbocycles. The molecule has 0 fully saturated rings. The first-order valence-electron chi connectivity index (χ1n) is 3.86. The van der Waals surface area contributed by atoms with Gasteiger partial charge in [0.15, 0.2) is 0 Å². The summed E-state index contributed by atoms with van der Waals surface area (Å²) >= 11 is 5.44. The van der Waals surface area contributed by atoms with E-state index in [-0.39, 0.29) is 11.4 Å². The molecular weight excluding hydrogens is 204 g/mol. The molecule has 14 heavy (non-hydrogen) atoms. The first-order valence-corrected chi connectivity index (χ1v) is 4.40. The first-order chi connectivity index (χ1) is 6.65. The largest absolute Gasteiger partial charge is 0.478 e. The number of nitrogens with two attached hydrogens (primary N) is 1. The number of carbonyl (C=O) groups is 1. The van der Waals surface area contributed by atoms with Crippen LogP contribution in [0.4, 0.5) is 5.82 Å². The number of aromatic nitrogens is 1. The summed E-state index contributed by atoms with van der Waals surface area (Å²) in [6.45, 7) is 0. The Balaban J connectivity index is 3.08. The molecule has 0 saturated heterocycles. The highest BCUT2D eigenvalue weighted by Crippen LogP contribution is 2.12. The monoisotopic (exact) mass is 212 g/mol. The van der Waals surface area contributed by atoms with Gasteiger partial charge < -0.3 is 10.8 Å². The predicted molar refractivity (Wildman–Crippen MR) is 55.4 cm³/mol. The van der Waals surface area contributed by atoms with Crippen LogP contribution >= 0.6 is 11.6 Å². The minimum atomic E-state index is -1.03. The third kappa shape index (κ3) is 2.47. The summed E-state index contributed by atoms with van der Waals surface area (Å²) in [4.78, 5) is 14.4. The second kappa shape index (κ2) is 4.62. The molecule has 1 aromatic rings. The number of hydrogen-bond acceptors (Lipinski definition) is 3. The molecule has 5 heteroatoms. The summed E-state index contributed by atoms with van der Waals surface area (Å²) in [6, 6.07) is 1.45. The van der Waals surface area contributed by atoms with Crippen LogP contribution in [0, 0.1) is 0 Å². The van der Waals surface area contributed by atoms with Gasteiger partial charge in [0.05, 0.1) is 5.56 Å². The summed E-state index contributed by atoms with van der Waals surface area (Å²) in [7, 11) is 0. The summed E-state index contributed by atoms with van der Waals surface area (Å²) in [5, 5.41) is 8.69. The lowest BCUT2D eigenvalue weighted by molar-refractivity contribution is 0.0696. The molecule has 74 valence electrons. The van der Waals surface area contributed by atoms with Crippen LogP contribution in [-0.2, 0) is 0 Å². The molecule has 0 unspecified atom stereocenters. The number of carboxylic acids is 1. The van der Waals surface area contributed by atoms with Gasteiger partial charge in [-0.2, -0.15) is 0 Å². The molecule has 0 aliphatic rings. The second-order valence-electron chi connectivity index (χ2n) is 2.56. The quantitative estimate of drug-likeness (QED) is 0.747. The number of allylic oxidation sites excluding steroid dienone is 1. The van der Waals surface area contributed by atoms with Crippen LogP contribution in [-0.4, -0.2) is 21.9 Å². The van der Waals surface area contributed by atoms with Crippen LogP contribution in [0.2, 0.25) is 0 Å². The van der Waals surface area contributed by atoms with E-state index in [1.807, 2.05) is 0 Å². The van der Waals surface area contributed by atoms with Crippen molar-refractivity contribution in [3.8, 4) is 0 Å². The number of halogens is 1. The molecule has 3 N–H and O–H groups in total. The van der Waals surface area contributed by atoms with Crippen molar-refractivity contribution in [1.29, 1.82) is 0 Å². The van der Waals surface area contributed by atoms with E-state index in [4.69, 9.17) is 22.4 Å². The zero-order valence-electron chi connectivity index (χ0n) is 7.27. The highest BCUT2D eigenvalue weighted by Gasteiger charge is 2.05. The van der Waals surface area contributed by atoms with Gasteiger partial charge >= 0.3 is 5.97 Å². The number of carboxylic acid groups (broad SMARTS) is 1. The highest BCUT2D eigenvalue weighted by atomic mass is 35.5. The van der Waals surface area contributed by atoms with E-state index in [0.717, 1.165) is 0 Å². The fourth-order valence-electron chi connectivity index (χ4n) is 0.914. The van der Waals surface area contributed by atoms with Gasteiger partial charge in [-0.1, -0.05) is 12.2 Å². The lowest BCUT2D eigenvalue weighted by Crippen LogP contribution is -2.01. The molecule has 0 amide bonds. The summed E-state index contributed by atoms with van der Waals surface area (Å²) in [5.41, 5.74) is 6.20. The fraction of sp³-hybridized carbons (Fsp3) is 0.111. The highest BCUT2D eigenvalue weighted by molar-refractivity contribution is 6.19. The minimum Gasteiger partial charge on any atom is -0.478 e. The number of rotatable bonds is 3. The number of nitrogen functional groups attached to an aromatic ring is 1. The first kappa shape index (κ1) is 10.5. The molecule has 0 aliphatic heterocycles. The van der Waals surface area contributed by atoms with Crippen molar-refractivity contribution in [2.75, 3.05) is 11.6 Å². The van der Waals surface area contributed by atoms with Crippen LogP contribution in [0.25, 0.3) is 6.08 Å². The van der Waals surface area contributed by atoms with Crippen LogP contribution in [0.3, 0.4) is 0 Å². The van der Waals surface area contributed by atoms with Crippen molar-refractivity contribution in [2.45, 2.75) is 0 Å². The van der Waals surface area contributed by atoms with Gasteiger partial charge in [0, 0.05) is 17.6 Å². The molecule has 0 saturated carbocycles. The van der Waals surface area contributed by atoms with Crippen molar-refractivity contribution in [3.05, 3.63) is 29.5 Å². The van der Waals surface area contributed by atoms with Crippen LogP contribution < -0.4 is 5.73 Å². The number of hydrogen-bond donors (Lipinski definition) is 2. The third-order valence-corrected chi connectivity index (χ3v) is 1.76. The maximum atomic E-state index is 10.6. The lowest BCUT2D eigenvalue weighted by Gasteiger charge is -2.00. The minimum absolute atomic E-state index is 0.105. The van der Waals surface area contributed by atoms with Gasteiger partial charge in [0.1, 0.15) is 5.82 Å². The van der Waals surface area contributed by atoms with E-state index in [0.29, 0.717) is 11.4 Å². The van der Waals surface area contributed by atoms with Gasteiger partial charge in [-0.15, -0.1) is 11.6 Å². The average molecular weight is 213 g/mol. The molecule has 0 radical (unpaired) electrons. The third-order valence-electron chi connectivity index (χ3n) is 1.58. The van der Waals surface area contributed by atoms with Crippen LogP contribution in [0.15, 0.2) is 18.3 Å². The molecule has 4 nitrogen and oxygen atoms in total. The van der Waals surface area contributed by atoms with E-state index in [2.05, 4.69) is 4.98 Å². The van der Waals surface area contributed by atoms with Crippen molar-refractivity contribution in [1.82, 2.24) is 4.98 Å². The van der Waals surface area contributed by atoms with E-state index in [1.165, 1.54) is 12.3 Å². The molecule has 1 aromatic heterocycles. The number of pyridine rings is 1. The molecule has 1 heterocycles. The van der Waals surface area contributed by atoms with Crippen molar-refractivity contribution in [2.24, 2.45) is 0 Å². The zero-order valence-corrected chi connectivity index (χ0v) is 8.03. The van der Waals surface area contributed by atoms with E-state index in [1.54, 1.807) is 12.2 Å². The van der Waals surface area contributed by atoms with Gasteiger partial charge in [-0.25, -0.2) is 9.78 Å². The van der Waals surface area contributed by atoms with E-state index < -0.39 is 5.97 Å². The summed E-state index contributed by atoms with van der Waals surface area (Å²) in [6.07, 6.45) is 4.53. The van der Waals surface area contributed by atoms with Gasteiger partial charge in [0.25, 0.3) is 0 Å². The zero-order chi connectivity index (χ0) is 10.6. The number of nitrogens with zero attached hydrogens (tertiary/aromatic N) is 1. The smallest absolute Gasteiger partial charge is 0.337 e. The number of alkyl halides is 1. The Labute approximate surface area is 86.0 Å². The maximum Gasteiger partial charge on any atom is 0.337 e. The number of anilines is 1. The Bertz CT molecular complexity index is 377. The Kier molecular flexibility index (Phi) is 3.48.